The third-order valence-electron chi connectivity index (χ3n) is 3.24. The molecule has 0 fully saturated rings. The van der Waals surface area contributed by atoms with Crippen LogP contribution in [0, 0.1) is 0 Å². The predicted octanol–water partition coefficient (Wildman–Crippen LogP) is 1.47. The van der Waals surface area contributed by atoms with E-state index in [1.165, 1.54) is 0 Å². The number of carbonyl (C=O) groups excluding carboxylic acids is 1. The largest absolute Gasteiger partial charge is 0.389 e. The van der Waals surface area contributed by atoms with Gasteiger partial charge in [-0.3, -0.25) is 4.79 Å². The van der Waals surface area contributed by atoms with Crippen LogP contribution in [0.15, 0.2) is 17.5 Å². The number of likely N-dealkylation sites (N-methyl/N-ethyl adjacent to an activating group) is 1. The number of nitrogens with one attached hydrogen (secondary N) is 1. The third-order valence-corrected chi connectivity index (χ3v) is 4.09. The number of carbonyl (C=O) groups is 1. The second-order valence-corrected chi connectivity index (χ2v) is 5.92. The normalized spacial score (nSPS) is 13.9. The van der Waals surface area contributed by atoms with Crippen molar-refractivity contribution >= 4 is 17.2 Å². The number of ether oxygens (including phenoxy) is 1. The lowest BCUT2D eigenvalue weighted by molar-refractivity contribution is -0.132. The van der Waals surface area contributed by atoms with Crippen LogP contribution in [0.1, 0.15) is 25.6 Å². The lowest BCUT2D eigenvalue weighted by Gasteiger charge is -2.24. The molecular formula is C15H26N2O3S. The smallest absolute Gasteiger partial charge is 0.239 e. The van der Waals surface area contributed by atoms with E-state index in [9.17, 15) is 9.90 Å². The van der Waals surface area contributed by atoms with E-state index in [4.69, 9.17) is 4.74 Å². The monoisotopic (exact) mass is 314 g/mol. The quantitative estimate of drug-likeness (QED) is 0.686. The number of aliphatic hydroxyl groups excluding tert-OH is 1. The highest BCUT2D eigenvalue weighted by atomic mass is 32.1. The first-order chi connectivity index (χ1) is 10.1. The van der Waals surface area contributed by atoms with Gasteiger partial charge in [0, 0.05) is 24.5 Å². The molecule has 0 aliphatic carbocycles. The van der Waals surface area contributed by atoms with Gasteiger partial charge in [-0.25, -0.2) is 0 Å². The molecule has 0 spiro atoms. The van der Waals surface area contributed by atoms with Gasteiger partial charge in [-0.15, -0.1) is 11.3 Å². The Morgan fingerprint density at radius 3 is 2.76 bits per heavy atom. The number of amides is 1. The molecule has 2 atom stereocenters. The summed E-state index contributed by atoms with van der Waals surface area (Å²) in [6.45, 7) is 8.27. The first kappa shape index (κ1) is 18.1. The lowest BCUT2D eigenvalue weighted by atomic mass is 10.2. The standard InChI is InChI=1S/C15H26N2O3S/c1-4-17(5-2)15(19)12(3)16-9-13(18)10-20-11-14-7-6-8-21-14/h6-8,12-13,16,18H,4-5,9-11H2,1-3H3. The summed E-state index contributed by atoms with van der Waals surface area (Å²) in [6, 6.07) is 3.68. The summed E-state index contributed by atoms with van der Waals surface area (Å²) in [4.78, 5) is 15.0. The van der Waals surface area contributed by atoms with E-state index in [1.54, 1.807) is 16.2 Å². The fourth-order valence-corrected chi connectivity index (χ4v) is 2.60. The molecule has 1 heterocycles. The third kappa shape index (κ3) is 6.56. The lowest BCUT2D eigenvalue weighted by Crippen LogP contribution is -2.47. The molecule has 0 bridgehead atoms. The minimum Gasteiger partial charge on any atom is -0.389 e. The maximum absolute atomic E-state index is 12.0. The van der Waals surface area contributed by atoms with Crippen LogP contribution in [0.2, 0.25) is 0 Å². The summed E-state index contributed by atoms with van der Waals surface area (Å²) in [7, 11) is 0. The van der Waals surface area contributed by atoms with Gasteiger partial charge in [0.2, 0.25) is 5.91 Å². The molecule has 2 N–H and O–H groups in total. The van der Waals surface area contributed by atoms with Gasteiger partial charge in [0.15, 0.2) is 0 Å². The first-order valence-corrected chi connectivity index (χ1v) is 8.26. The van der Waals surface area contributed by atoms with Gasteiger partial charge in [0.05, 0.1) is 25.4 Å². The van der Waals surface area contributed by atoms with Crippen LogP contribution < -0.4 is 5.32 Å². The maximum Gasteiger partial charge on any atom is 0.239 e. The van der Waals surface area contributed by atoms with Crippen molar-refractivity contribution in [3.05, 3.63) is 22.4 Å². The SMILES string of the molecule is CCN(CC)C(=O)C(C)NCC(O)COCc1cccs1. The zero-order valence-electron chi connectivity index (χ0n) is 13.0. The van der Waals surface area contributed by atoms with Crippen LogP contribution in [0.5, 0.6) is 0 Å². The zero-order chi connectivity index (χ0) is 15.7. The van der Waals surface area contributed by atoms with Crippen molar-refractivity contribution < 1.29 is 14.6 Å². The molecule has 0 aliphatic rings. The van der Waals surface area contributed by atoms with E-state index < -0.39 is 6.10 Å². The van der Waals surface area contributed by atoms with Crippen molar-refractivity contribution in [1.82, 2.24) is 10.2 Å². The molecule has 0 radical (unpaired) electrons. The number of thiophene rings is 1. The highest BCUT2D eigenvalue weighted by Crippen LogP contribution is 2.09. The molecular weight excluding hydrogens is 288 g/mol. The van der Waals surface area contributed by atoms with Gasteiger partial charge >= 0.3 is 0 Å². The summed E-state index contributed by atoms with van der Waals surface area (Å²) in [5.74, 6) is 0.0618. The number of rotatable bonds is 10. The summed E-state index contributed by atoms with van der Waals surface area (Å²) >= 11 is 1.63. The Hall–Kier alpha value is -0.950. The average Bonchev–Trinajstić information content (AvgIpc) is 2.99. The molecule has 6 heteroatoms. The van der Waals surface area contributed by atoms with Crippen molar-refractivity contribution in [3.8, 4) is 0 Å². The topological polar surface area (TPSA) is 61.8 Å². The molecule has 120 valence electrons. The molecule has 0 saturated carbocycles. The Balaban J connectivity index is 2.19. The molecule has 1 aromatic heterocycles. The molecule has 2 unspecified atom stereocenters. The van der Waals surface area contributed by atoms with E-state index >= 15 is 0 Å². The van der Waals surface area contributed by atoms with Crippen LogP contribution >= 0.6 is 11.3 Å². The number of aliphatic hydroxyl groups is 1. The Morgan fingerprint density at radius 2 is 2.19 bits per heavy atom. The second-order valence-electron chi connectivity index (χ2n) is 4.89. The number of nitrogens with zero attached hydrogens (tertiary/aromatic N) is 1. The minimum atomic E-state index is -0.614. The molecule has 1 aromatic rings. The van der Waals surface area contributed by atoms with Crippen LogP contribution in [-0.4, -0.2) is 54.3 Å². The van der Waals surface area contributed by atoms with Gasteiger partial charge in [0.1, 0.15) is 0 Å². The van der Waals surface area contributed by atoms with Gasteiger partial charge < -0.3 is 20.1 Å². The zero-order valence-corrected chi connectivity index (χ0v) is 13.9. The average molecular weight is 314 g/mol. The van der Waals surface area contributed by atoms with Crippen molar-refractivity contribution in [3.63, 3.8) is 0 Å². The molecule has 5 nitrogen and oxygen atoms in total. The Kier molecular flexibility index (Phi) is 8.52. The Morgan fingerprint density at radius 1 is 1.48 bits per heavy atom. The van der Waals surface area contributed by atoms with E-state index in [1.807, 2.05) is 38.3 Å². The molecule has 0 saturated heterocycles. The highest BCUT2D eigenvalue weighted by Gasteiger charge is 2.18. The van der Waals surface area contributed by atoms with E-state index in [0.29, 0.717) is 26.2 Å². The first-order valence-electron chi connectivity index (χ1n) is 7.38. The van der Waals surface area contributed by atoms with Crippen molar-refractivity contribution in [2.45, 2.75) is 39.5 Å². The number of hydrogen-bond acceptors (Lipinski definition) is 5. The van der Waals surface area contributed by atoms with Crippen LogP contribution in [0.3, 0.4) is 0 Å². The van der Waals surface area contributed by atoms with Crippen LogP contribution in [-0.2, 0) is 16.1 Å². The number of hydrogen-bond donors (Lipinski definition) is 2. The summed E-state index contributed by atoms with van der Waals surface area (Å²) in [5, 5.41) is 14.9. The van der Waals surface area contributed by atoms with Gasteiger partial charge in [-0.05, 0) is 32.2 Å². The predicted molar refractivity (Wildman–Crippen MR) is 85.4 cm³/mol. The fraction of sp³-hybridized carbons (Fsp3) is 0.667. The van der Waals surface area contributed by atoms with Crippen molar-refractivity contribution in [2.24, 2.45) is 0 Å². The highest BCUT2D eigenvalue weighted by molar-refractivity contribution is 7.09. The molecule has 0 aliphatic heterocycles. The molecule has 1 amide bonds. The summed E-state index contributed by atoms with van der Waals surface area (Å²) in [6.07, 6.45) is -0.614. The Bertz CT molecular complexity index is 394. The summed E-state index contributed by atoms with van der Waals surface area (Å²) < 4.78 is 5.45. The maximum atomic E-state index is 12.0. The fourth-order valence-electron chi connectivity index (χ4n) is 1.96. The van der Waals surface area contributed by atoms with E-state index in [2.05, 4.69) is 5.32 Å². The molecule has 21 heavy (non-hydrogen) atoms. The van der Waals surface area contributed by atoms with Crippen LogP contribution in [0.4, 0.5) is 0 Å². The van der Waals surface area contributed by atoms with Crippen molar-refractivity contribution in [1.29, 1.82) is 0 Å². The van der Waals surface area contributed by atoms with Gasteiger partial charge in [0.25, 0.3) is 0 Å². The van der Waals surface area contributed by atoms with E-state index in [0.717, 1.165) is 4.88 Å². The molecule has 0 aromatic carbocycles. The molecule has 1 rings (SSSR count). The van der Waals surface area contributed by atoms with Crippen molar-refractivity contribution in [2.75, 3.05) is 26.2 Å². The van der Waals surface area contributed by atoms with E-state index in [-0.39, 0.29) is 18.6 Å². The van der Waals surface area contributed by atoms with Crippen LogP contribution in [0.25, 0.3) is 0 Å². The minimum absolute atomic E-state index is 0.0618. The second kappa shape index (κ2) is 9.89. The van der Waals surface area contributed by atoms with Gasteiger partial charge in [-0.1, -0.05) is 6.07 Å². The Labute approximate surface area is 130 Å². The van der Waals surface area contributed by atoms with Gasteiger partial charge in [-0.2, -0.15) is 0 Å². The summed E-state index contributed by atoms with van der Waals surface area (Å²) in [5.41, 5.74) is 0.